The highest BCUT2D eigenvalue weighted by atomic mass is 16.5. The summed E-state index contributed by atoms with van der Waals surface area (Å²) in [7, 11) is 0. The summed E-state index contributed by atoms with van der Waals surface area (Å²) in [6.45, 7) is 8.59. The van der Waals surface area contributed by atoms with E-state index < -0.39 is 0 Å². The Morgan fingerprint density at radius 3 is 2.43 bits per heavy atom. The predicted octanol–water partition coefficient (Wildman–Crippen LogP) is 3.12. The van der Waals surface area contributed by atoms with Crippen LogP contribution in [0.5, 0.6) is 0 Å². The minimum atomic E-state index is 0.600. The first-order valence-electron chi connectivity index (χ1n) is 4.74. The van der Waals surface area contributed by atoms with Crippen LogP contribution in [0.15, 0.2) is 49.6 Å². The fourth-order valence-electron chi connectivity index (χ4n) is 1.31. The summed E-state index contributed by atoms with van der Waals surface area (Å²) >= 11 is 0. The van der Waals surface area contributed by atoms with Crippen LogP contribution in [-0.2, 0) is 17.8 Å². The maximum absolute atomic E-state index is 5.40. The van der Waals surface area contributed by atoms with Crippen molar-refractivity contribution >= 4 is 0 Å². The molecule has 0 saturated carbocycles. The molecule has 0 N–H and O–H groups in total. The Morgan fingerprint density at radius 2 is 1.79 bits per heavy atom. The molecule has 1 heteroatoms. The Morgan fingerprint density at radius 1 is 1.07 bits per heavy atom. The number of rotatable bonds is 6. The van der Waals surface area contributed by atoms with Gasteiger partial charge >= 0.3 is 0 Å². The molecule has 1 aromatic rings. The number of hydrogen-bond donors (Lipinski definition) is 0. The van der Waals surface area contributed by atoms with Crippen LogP contribution in [0.2, 0.25) is 0 Å². The van der Waals surface area contributed by atoms with Gasteiger partial charge in [-0.3, -0.25) is 0 Å². The molecule has 74 valence electrons. The molecule has 0 heterocycles. The molecule has 0 atom stereocenters. The van der Waals surface area contributed by atoms with E-state index in [1.165, 1.54) is 11.1 Å². The van der Waals surface area contributed by atoms with Crippen LogP contribution in [0.3, 0.4) is 0 Å². The maximum atomic E-state index is 5.40. The number of ether oxygens (including phenoxy) is 1. The maximum Gasteiger partial charge on any atom is 0.0723 e. The smallest absolute Gasteiger partial charge is 0.0723 e. The van der Waals surface area contributed by atoms with Gasteiger partial charge in [-0.2, -0.15) is 0 Å². The zero-order chi connectivity index (χ0) is 10.2. The second-order valence-corrected chi connectivity index (χ2v) is 3.07. The average Bonchev–Trinajstić information content (AvgIpc) is 2.21. The third-order valence-electron chi connectivity index (χ3n) is 1.98. The molecular formula is C13H16O. The minimum Gasteiger partial charge on any atom is -0.373 e. The highest BCUT2D eigenvalue weighted by Gasteiger charge is 1.98. The molecule has 1 nitrogen and oxygen atoms in total. The summed E-state index contributed by atoms with van der Waals surface area (Å²) < 4.78 is 5.40. The highest BCUT2D eigenvalue weighted by molar-refractivity contribution is 5.28. The summed E-state index contributed by atoms with van der Waals surface area (Å²) in [5.74, 6) is 0. The first-order valence-corrected chi connectivity index (χ1v) is 4.74. The lowest BCUT2D eigenvalue weighted by atomic mass is 10.1. The normalized spacial score (nSPS) is 9.71. The lowest BCUT2D eigenvalue weighted by Gasteiger charge is -2.07. The van der Waals surface area contributed by atoms with Gasteiger partial charge in [0.2, 0.25) is 0 Å². The molecule has 0 spiro atoms. The van der Waals surface area contributed by atoms with Gasteiger partial charge in [0, 0.05) is 0 Å². The molecule has 0 aromatic heterocycles. The van der Waals surface area contributed by atoms with Crippen LogP contribution in [0.25, 0.3) is 0 Å². The molecule has 0 saturated heterocycles. The van der Waals surface area contributed by atoms with Crippen molar-refractivity contribution in [3.8, 4) is 0 Å². The summed E-state index contributed by atoms with van der Waals surface area (Å²) in [5.41, 5.74) is 2.51. The largest absolute Gasteiger partial charge is 0.373 e. The summed E-state index contributed by atoms with van der Waals surface area (Å²) in [5, 5.41) is 0. The van der Waals surface area contributed by atoms with Crippen molar-refractivity contribution < 1.29 is 4.74 Å². The topological polar surface area (TPSA) is 9.23 Å². The van der Waals surface area contributed by atoms with Crippen LogP contribution in [0.4, 0.5) is 0 Å². The van der Waals surface area contributed by atoms with E-state index in [1.807, 2.05) is 18.2 Å². The quantitative estimate of drug-likeness (QED) is 0.492. The third kappa shape index (κ3) is 3.19. The van der Waals surface area contributed by atoms with Crippen molar-refractivity contribution in [1.82, 2.24) is 0 Å². The van der Waals surface area contributed by atoms with Crippen molar-refractivity contribution in [2.24, 2.45) is 0 Å². The summed E-state index contributed by atoms with van der Waals surface area (Å²) in [6.07, 6.45) is 4.57. The van der Waals surface area contributed by atoms with E-state index in [4.69, 9.17) is 4.74 Å². The molecule has 1 rings (SSSR count). The summed E-state index contributed by atoms with van der Waals surface area (Å²) in [4.78, 5) is 0. The van der Waals surface area contributed by atoms with Crippen LogP contribution in [0, 0.1) is 0 Å². The van der Waals surface area contributed by atoms with Gasteiger partial charge in [0.25, 0.3) is 0 Å². The van der Waals surface area contributed by atoms with Crippen LogP contribution in [0.1, 0.15) is 11.1 Å². The van der Waals surface area contributed by atoms with E-state index in [1.54, 1.807) is 6.08 Å². The van der Waals surface area contributed by atoms with Crippen LogP contribution < -0.4 is 0 Å². The van der Waals surface area contributed by atoms with Gasteiger partial charge in [-0.05, 0) is 17.5 Å². The van der Waals surface area contributed by atoms with Crippen molar-refractivity contribution in [2.75, 3.05) is 6.61 Å². The molecule has 0 aliphatic heterocycles. The van der Waals surface area contributed by atoms with Gasteiger partial charge in [0.1, 0.15) is 0 Å². The lowest BCUT2D eigenvalue weighted by molar-refractivity contribution is 0.148. The molecular weight excluding hydrogens is 172 g/mol. The van der Waals surface area contributed by atoms with E-state index in [0.717, 1.165) is 6.42 Å². The number of hydrogen-bond acceptors (Lipinski definition) is 1. The fraction of sp³-hybridized carbons (Fsp3) is 0.231. The van der Waals surface area contributed by atoms with Gasteiger partial charge in [-0.25, -0.2) is 0 Å². The molecule has 1 aromatic carbocycles. The molecule has 0 aliphatic rings. The average molecular weight is 188 g/mol. The van der Waals surface area contributed by atoms with Crippen molar-refractivity contribution in [3.05, 3.63) is 60.7 Å². The Bertz CT molecular complexity index is 302. The van der Waals surface area contributed by atoms with E-state index in [2.05, 4.69) is 25.3 Å². The molecule has 14 heavy (non-hydrogen) atoms. The molecule has 0 aliphatic carbocycles. The second kappa shape index (κ2) is 6.17. The van der Waals surface area contributed by atoms with Crippen LogP contribution >= 0.6 is 0 Å². The van der Waals surface area contributed by atoms with Crippen molar-refractivity contribution in [1.29, 1.82) is 0 Å². The van der Waals surface area contributed by atoms with Gasteiger partial charge < -0.3 is 4.74 Å². The molecule has 0 bridgehead atoms. The van der Waals surface area contributed by atoms with Gasteiger partial charge in [0.15, 0.2) is 0 Å². The summed E-state index contributed by atoms with van der Waals surface area (Å²) in [6, 6.07) is 8.26. The zero-order valence-corrected chi connectivity index (χ0v) is 8.41. The standard InChI is InChI=1S/C13H16O/c1-3-7-12-8-5-6-9-13(12)11-14-10-4-2/h3-6,8-9H,1-2,7,10-11H2. The predicted molar refractivity (Wildman–Crippen MR) is 60.2 cm³/mol. The van der Waals surface area contributed by atoms with Crippen LogP contribution in [-0.4, -0.2) is 6.61 Å². The van der Waals surface area contributed by atoms with Gasteiger partial charge in [-0.1, -0.05) is 36.4 Å². The first kappa shape index (κ1) is 10.7. The van der Waals surface area contributed by atoms with Crippen molar-refractivity contribution in [2.45, 2.75) is 13.0 Å². The number of allylic oxidation sites excluding steroid dienone is 1. The SMILES string of the molecule is C=CCOCc1ccccc1CC=C. The minimum absolute atomic E-state index is 0.600. The number of benzene rings is 1. The second-order valence-electron chi connectivity index (χ2n) is 3.07. The molecule has 0 unspecified atom stereocenters. The van der Waals surface area contributed by atoms with E-state index in [-0.39, 0.29) is 0 Å². The Labute approximate surface area is 85.7 Å². The molecule has 0 fully saturated rings. The Balaban J connectivity index is 2.63. The van der Waals surface area contributed by atoms with Gasteiger partial charge in [-0.15, -0.1) is 13.2 Å². The molecule has 0 amide bonds. The van der Waals surface area contributed by atoms with E-state index in [9.17, 15) is 0 Å². The lowest BCUT2D eigenvalue weighted by Crippen LogP contribution is -1.97. The monoisotopic (exact) mass is 188 g/mol. The fourth-order valence-corrected chi connectivity index (χ4v) is 1.31. The highest BCUT2D eigenvalue weighted by Crippen LogP contribution is 2.11. The Kier molecular flexibility index (Phi) is 4.73. The Hall–Kier alpha value is -1.34. The van der Waals surface area contributed by atoms with Gasteiger partial charge in [0.05, 0.1) is 13.2 Å². The first-order chi connectivity index (χ1) is 6.88. The van der Waals surface area contributed by atoms with E-state index in [0.29, 0.717) is 13.2 Å². The van der Waals surface area contributed by atoms with E-state index >= 15 is 0 Å². The zero-order valence-electron chi connectivity index (χ0n) is 8.41. The third-order valence-corrected chi connectivity index (χ3v) is 1.98. The van der Waals surface area contributed by atoms with Crippen molar-refractivity contribution in [3.63, 3.8) is 0 Å². The molecule has 0 radical (unpaired) electrons.